The fourth-order valence-electron chi connectivity index (χ4n) is 2.28. The van der Waals surface area contributed by atoms with Crippen LogP contribution < -0.4 is 11.1 Å². The van der Waals surface area contributed by atoms with Gasteiger partial charge in [0.25, 0.3) is 5.91 Å². The van der Waals surface area contributed by atoms with Crippen LogP contribution in [0.1, 0.15) is 48.5 Å². The molecule has 0 fully saturated rings. The van der Waals surface area contributed by atoms with Crippen molar-refractivity contribution in [2.75, 3.05) is 0 Å². The first-order valence-corrected chi connectivity index (χ1v) is 7.15. The maximum atomic E-state index is 13.1. The van der Waals surface area contributed by atoms with Crippen LogP contribution >= 0.6 is 0 Å². The lowest BCUT2D eigenvalue weighted by Crippen LogP contribution is -2.36. The summed E-state index contributed by atoms with van der Waals surface area (Å²) >= 11 is 0. The molecule has 0 aliphatic rings. The zero-order valence-electron chi connectivity index (χ0n) is 13.0. The molecule has 0 bridgehead atoms. The number of furan rings is 1. The molecule has 118 valence electrons. The molecule has 2 rings (SSSR count). The third-order valence-electron chi connectivity index (χ3n) is 3.46. The van der Waals surface area contributed by atoms with Crippen LogP contribution in [0.2, 0.25) is 0 Å². The van der Waals surface area contributed by atoms with Crippen molar-refractivity contribution >= 4 is 5.91 Å². The summed E-state index contributed by atoms with van der Waals surface area (Å²) < 4.78 is 18.3. The van der Waals surface area contributed by atoms with Gasteiger partial charge in [-0.2, -0.15) is 0 Å². The van der Waals surface area contributed by atoms with Crippen molar-refractivity contribution in [1.29, 1.82) is 0 Å². The van der Waals surface area contributed by atoms with Crippen LogP contribution in [0.4, 0.5) is 4.39 Å². The molecule has 22 heavy (non-hydrogen) atoms. The Morgan fingerprint density at radius 3 is 2.45 bits per heavy atom. The van der Waals surface area contributed by atoms with Gasteiger partial charge in [0.1, 0.15) is 17.8 Å². The Bertz CT molecular complexity index is 641. The number of nitrogens with two attached hydrogens (primary N) is 1. The van der Waals surface area contributed by atoms with Crippen molar-refractivity contribution in [3.05, 3.63) is 59.3 Å². The predicted molar refractivity (Wildman–Crippen MR) is 82.7 cm³/mol. The van der Waals surface area contributed by atoms with Crippen LogP contribution in [0.15, 0.2) is 41.0 Å². The van der Waals surface area contributed by atoms with E-state index in [2.05, 4.69) is 5.32 Å². The van der Waals surface area contributed by atoms with Crippen molar-refractivity contribution in [3.8, 4) is 0 Å². The molecular weight excluding hydrogens is 283 g/mol. The molecule has 2 aromatic rings. The highest BCUT2D eigenvalue weighted by Crippen LogP contribution is 2.33. The van der Waals surface area contributed by atoms with Crippen molar-refractivity contribution in [2.45, 2.75) is 33.4 Å². The lowest BCUT2D eigenvalue weighted by atomic mass is 9.82. The summed E-state index contributed by atoms with van der Waals surface area (Å²) in [6.45, 7) is 6.29. The highest BCUT2D eigenvalue weighted by atomic mass is 19.1. The second kappa shape index (κ2) is 6.32. The molecule has 1 heterocycles. The maximum Gasteiger partial charge on any atom is 0.255 e. The Kier molecular flexibility index (Phi) is 4.66. The molecule has 5 heteroatoms. The summed E-state index contributed by atoms with van der Waals surface area (Å²) in [6.07, 6.45) is 1.39. The molecule has 1 amide bonds. The van der Waals surface area contributed by atoms with E-state index in [4.69, 9.17) is 10.2 Å². The zero-order valence-corrected chi connectivity index (χ0v) is 13.0. The topological polar surface area (TPSA) is 68.3 Å². The summed E-state index contributed by atoms with van der Waals surface area (Å²) in [7, 11) is 0. The van der Waals surface area contributed by atoms with Crippen molar-refractivity contribution < 1.29 is 13.6 Å². The van der Waals surface area contributed by atoms with Crippen molar-refractivity contribution in [1.82, 2.24) is 5.32 Å². The largest absolute Gasteiger partial charge is 0.467 e. The Morgan fingerprint density at radius 2 is 1.95 bits per heavy atom. The molecule has 1 atom stereocenters. The van der Waals surface area contributed by atoms with Crippen molar-refractivity contribution in [3.63, 3.8) is 0 Å². The normalized spacial score (nSPS) is 13.0. The molecule has 3 N–H and O–H groups in total. The highest BCUT2D eigenvalue weighted by Gasteiger charge is 2.28. The Balaban J connectivity index is 2.23. The minimum absolute atomic E-state index is 0.228. The standard InChI is InChI=1S/C17H21FN2O2/c1-17(2,3)15(11-4-6-13(18)7-5-11)20-16(21)12-8-14(9-19)22-10-12/h4-8,10,15H,9,19H2,1-3H3,(H,20,21). The molecule has 0 saturated carbocycles. The smallest absolute Gasteiger partial charge is 0.255 e. The molecule has 1 aromatic carbocycles. The number of hydrogen-bond donors (Lipinski definition) is 2. The van der Waals surface area contributed by atoms with Gasteiger partial charge in [0, 0.05) is 0 Å². The quantitative estimate of drug-likeness (QED) is 0.909. The first kappa shape index (κ1) is 16.2. The van der Waals surface area contributed by atoms with Gasteiger partial charge in [0.2, 0.25) is 0 Å². The number of benzene rings is 1. The van der Waals surface area contributed by atoms with Gasteiger partial charge < -0.3 is 15.5 Å². The number of rotatable bonds is 4. The van der Waals surface area contributed by atoms with E-state index in [1.807, 2.05) is 20.8 Å². The lowest BCUT2D eigenvalue weighted by molar-refractivity contribution is 0.0901. The molecule has 4 nitrogen and oxygen atoms in total. The van der Waals surface area contributed by atoms with Crippen LogP contribution in [0.3, 0.4) is 0 Å². The van der Waals surface area contributed by atoms with E-state index in [0.717, 1.165) is 5.56 Å². The van der Waals surface area contributed by atoms with Crippen LogP contribution in [0.25, 0.3) is 0 Å². The number of hydrogen-bond acceptors (Lipinski definition) is 3. The summed E-state index contributed by atoms with van der Waals surface area (Å²) in [5, 5.41) is 2.98. The second-order valence-corrected chi connectivity index (χ2v) is 6.33. The average molecular weight is 304 g/mol. The number of amides is 1. The molecule has 0 saturated heterocycles. The number of nitrogens with one attached hydrogen (secondary N) is 1. The average Bonchev–Trinajstić information content (AvgIpc) is 2.93. The Morgan fingerprint density at radius 1 is 1.32 bits per heavy atom. The third kappa shape index (κ3) is 3.74. The second-order valence-electron chi connectivity index (χ2n) is 6.33. The van der Waals surface area contributed by atoms with E-state index in [-0.39, 0.29) is 29.7 Å². The van der Waals surface area contributed by atoms with E-state index in [9.17, 15) is 9.18 Å². The number of halogens is 1. The minimum Gasteiger partial charge on any atom is -0.467 e. The molecule has 0 aliphatic carbocycles. The minimum atomic E-state index is -0.301. The van der Waals surface area contributed by atoms with Crippen LogP contribution in [0.5, 0.6) is 0 Å². The van der Waals surface area contributed by atoms with Crippen LogP contribution in [-0.2, 0) is 6.54 Å². The van der Waals surface area contributed by atoms with Crippen LogP contribution in [0, 0.1) is 11.2 Å². The zero-order chi connectivity index (χ0) is 16.3. The van der Waals surface area contributed by atoms with Gasteiger partial charge in [-0.05, 0) is 29.2 Å². The van der Waals surface area contributed by atoms with Gasteiger partial charge in [-0.15, -0.1) is 0 Å². The van der Waals surface area contributed by atoms with E-state index < -0.39 is 0 Å². The van der Waals surface area contributed by atoms with E-state index in [1.54, 1.807) is 18.2 Å². The molecule has 0 aliphatic heterocycles. The third-order valence-corrected chi connectivity index (χ3v) is 3.46. The summed E-state index contributed by atoms with van der Waals surface area (Å²) in [5.74, 6) is 0.0112. The first-order chi connectivity index (χ1) is 10.3. The van der Waals surface area contributed by atoms with Crippen molar-refractivity contribution in [2.24, 2.45) is 11.1 Å². The van der Waals surface area contributed by atoms with Gasteiger partial charge in [0.15, 0.2) is 0 Å². The monoisotopic (exact) mass is 304 g/mol. The van der Waals surface area contributed by atoms with Gasteiger partial charge in [-0.1, -0.05) is 32.9 Å². The highest BCUT2D eigenvalue weighted by molar-refractivity contribution is 5.94. The fraction of sp³-hybridized carbons (Fsp3) is 0.353. The molecule has 1 aromatic heterocycles. The SMILES string of the molecule is CC(C)(C)C(NC(=O)c1coc(CN)c1)c1ccc(F)cc1. The Hall–Kier alpha value is -2.14. The lowest BCUT2D eigenvalue weighted by Gasteiger charge is -2.31. The number of carbonyl (C=O) groups is 1. The number of carbonyl (C=O) groups excluding carboxylic acids is 1. The Labute approximate surface area is 129 Å². The van der Waals surface area contributed by atoms with Crippen LogP contribution in [-0.4, -0.2) is 5.91 Å². The van der Waals surface area contributed by atoms with Gasteiger partial charge in [-0.3, -0.25) is 4.79 Å². The fourth-order valence-corrected chi connectivity index (χ4v) is 2.28. The summed E-state index contributed by atoms with van der Waals surface area (Å²) in [6, 6.07) is 7.53. The molecule has 0 spiro atoms. The summed E-state index contributed by atoms with van der Waals surface area (Å²) in [4.78, 5) is 12.4. The van der Waals surface area contributed by atoms with E-state index in [1.165, 1.54) is 18.4 Å². The van der Waals surface area contributed by atoms with Gasteiger partial charge in [0.05, 0.1) is 18.2 Å². The van der Waals surface area contributed by atoms with Gasteiger partial charge in [-0.25, -0.2) is 4.39 Å². The predicted octanol–water partition coefficient (Wildman–Crippen LogP) is 3.39. The maximum absolute atomic E-state index is 13.1. The summed E-state index contributed by atoms with van der Waals surface area (Å²) in [5.41, 5.74) is 6.53. The first-order valence-electron chi connectivity index (χ1n) is 7.15. The molecule has 0 radical (unpaired) electrons. The van der Waals surface area contributed by atoms with E-state index in [0.29, 0.717) is 11.3 Å². The molecule has 1 unspecified atom stereocenters. The van der Waals surface area contributed by atoms with Gasteiger partial charge >= 0.3 is 0 Å². The van der Waals surface area contributed by atoms with E-state index >= 15 is 0 Å². The molecular formula is C17H21FN2O2.